The van der Waals surface area contributed by atoms with Gasteiger partial charge in [0, 0.05) is 27.5 Å². The Morgan fingerprint density at radius 3 is 1.46 bits per heavy atom. The van der Waals surface area contributed by atoms with Gasteiger partial charge in [0.2, 0.25) is 0 Å². The Kier molecular flexibility index (Phi) is 6.20. The van der Waals surface area contributed by atoms with E-state index in [1.165, 1.54) is 44.5 Å². The summed E-state index contributed by atoms with van der Waals surface area (Å²) in [6.45, 7) is 9.32. The first-order valence-corrected chi connectivity index (χ1v) is 16.7. The summed E-state index contributed by atoms with van der Waals surface area (Å²) >= 11 is 0. The largest absolute Gasteiger partial charge is 0.208 e. The topological polar surface area (TPSA) is 38.7 Å². The molecule has 0 amide bonds. The molecule has 0 spiro atoms. The monoisotopic (exact) mass is 617 g/mol. The fourth-order valence-electron chi connectivity index (χ4n) is 8.08. The van der Waals surface area contributed by atoms with Gasteiger partial charge in [-0.15, -0.1) is 0 Å². The van der Waals surface area contributed by atoms with Crippen LogP contribution in [0, 0.1) is 0 Å². The quantitative estimate of drug-likeness (QED) is 0.197. The van der Waals surface area contributed by atoms with Crippen LogP contribution in [-0.2, 0) is 10.8 Å². The molecule has 0 N–H and O–H groups in total. The van der Waals surface area contributed by atoms with Gasteiger partial charge in [-0.2, -0.15) is 0 Å². The number of hydrogen-bond acceptors (Lipinski definition) is 3. The van der Waals surface area contributed by atoms with E-state index in [-0.39, 0.29) is 10.8 Å². The summed E-state index contributed by atoms with van der Waals surface area (Å²) < 4.78 is 0. The molecule has 1 heterocycles. The molecule has 0 radical (unpaired) electrons. The highest BCUT2D eigenvalue weighted by Gasteiger charge is 2.39. The van der Waals surface area contributed by atoms with Crippen molar-refractivity contribution in [1.82, 2.24) is 15.0 Å². The Bertz CT molecular complexity index is 2330. The van der Waals surface area contributed by atoms with Crippen LogP contribution < -0.4 is 0 Å². The number of aromatic nitrogens is 3. The average molecular weight is 618 g/mol. The summed E-state index contributed by atoms with van der Waals surface area (Å²) in [5.74, 6) is 2.01. The maximum Gasteiger partial charge on any atom is 0.165 e. The van der Waals surface area contributed by atoms with Gasteiger partial charge >= 0.3 is 0 Å². The van der Waals surface area contributed by atoms with E-state index in [4.69, 9.17) is 15.0 Å². The third-order valence-electron chi connectivity index (χ3n) is 10.6. The third-order valence-corrected chi connectivity index (χ3v) is 10.6. The average Bonchev–Trinajstić information content (AvgIpc) is 3.51. The molecular weight excluding hydrogens is 583 g/mol. The molecule has 0 bridgehead atoms. The van der Waals surface area contributed by atoms with Crippen molar-refractivity contribution < 1.29 is 0 Å². The molecular formula is C45H35N3. The van der Waals surface area contributed by atoms with Crippen LogP contribution >= 0.6 is 0 Å². The minimum absolute atomic E-state index is 0.0580. The number of fused-ring (bicyclic) bond motifs is 6. The third kappa shape index (κ3) is 4.17. The van der Waals surface area contributed by atoms with Crippen molar-refractivity contribution in [2.45, 2.75) is 38.5 Å². The summed E-state index contributed by atoms with van der Waals surface area (Å²) in [7, 11) is 0. The summed E-state index contributed by atoms with van der Waals surface area (Å²) in [6.07, 6.45) is 0. The molecule has 2 aliphatic rings. The lowest BCUT2D eigenvalue weighted by Crippen LogP contribution is -2.15. The fraction of sp³-hybridized carbons (Fsp3) is 0.133. The maximum atomic E-state index is 5.29. The van der Waals surface area contributed by atoms with E-state index in [0.717, 1.165) is 27.8 Å². The summed E-state index contributed by atoms with van der Waals surface area (Å²) in [4.78, 5) is 15.6. The van der Waals surface area contributed by atoms with Gasteiger partial charge in [0.05, 0.1) is 0 Å². The van der Waals surface area contributed by atoms with Gasteiger partial charge in [-0.25, -0.2) is 15.0 Å². The molecule has 230 valence electrons. The van der Waals surface area contributed by atoms with Crippen LogP contribution in [0.1, 0.15) is 49.9 Å². The molecule has 0 saturated heterocycles. The maximum absolute atomic E-state index is 5.29. The highest BCUT2D eigenvalue weighted by molar-refractivity contribution is 5.99. The van der Waals surface area contributed by atoms with Crippen molar-refractivity contribution in [1.29, 1.82) is 0 Å². The molecule has 6 aromatic carbocycles. The second kappa shape index (κ2) is 10.4. The Morgan fingerprint density at radius 2 is 0.812 bits per heavy atom. The van der Waals surface area contributed by atoms with Crippen molar-refractivity contribution in [3.8, 4) is 67.5 Å². The molecule has 0 atom stereocenters. The number of hydrogen-bond donors (Lipinski definition) is 0. The van der Waals surface area contributed by atoms with Crippen molar-refractivity contribution in [2.24, 2.45) is 0 Å². The molecule has 0 saturated carbocycles. The Balaban J connectivity index is 1.37. The standard InChI is InChI=1S/C45H35N3/c1-44(2)35-21-13-11-19-32(35)34-27-30(23-25-37(34)44)31-24-26-38-39(33-20-12-14-22-36(33)45(38,3)4)40(31)43-47-41(28-15-7-5-8-16-28)46-42(48-43)29-17-9-6-10-18-29/h5-27H,1-4H3. The van der Waals surface area contributed by atoms with E-state index in [1.54, 1.807) is 0 Å². The molecule has 0 unspecified atom stereocenters. The van der Waals surface area contributed by atoms with Crippen molar-refractivity contribution in [3.63, 3.8) is 0 Å². The second-order valence-corrected chi connectivity index (χ2v) is 14.1. The summed E-state index contributed by atoms with van der Waals surface area (Å²) in [6, 6.07) is 49.8. The predicted molar refractivity (Wildman–Crippen MR) is 197 cm³/mol. The smallest absolute Gasteiger partial charge is 0.165 e. The lowest BCUT2D eigenvalue weighted by atomic mass is 9.80. The van der Waals surface area contributed by atoms with Gasteiger partial charge < -0.3 is 0 Å². The number of nitrogens with zero attached hydrogens (tertiary/aromatic N) is 3. The molecule has 48 heavy (non-hydrogen) atoms. The first-order valence-electron chi connectivity index (χ1n) is 16.7. The van der Waals surface area contributed by atoms with Gasteiger partial charge in [0.25, 0.3) is 0 Å². The van der Waals surface area contributed by atoms with Crippen LogP contribution in [0.15, 0.2) is 140 Å². The molecule has 7 aromatic rings. The van der Waals surface area contributed by atoms with Gasteiger partial charge in [-0.05, 0) is 61.7 Å². The van der Waals surface area contributed by atoms with Crippen molar-refractivity contribution >= 4 is 0 Å². The molecule has 2 aliphatic carbocycles. The van der Waals surface area contributed by atoms with E-state index < -0.39 is 0 Å². The van der Waals surface area contributed by atoms with Crippen LogP contribution in [0.2, 0.25) is 0 Å². The molecule has 1 aromatic heterocycles. The predicted octanol–water partition coefficient (Wildman–Crippen LogP) is 11.2. The van der Waals surface area contributed by atoms with Gasteiger partial charge in [0.15, 0.2) is 17.5 Å². The minimum atomic E-state index is -0.169. The zero-order valence-electron chi connectivity index (χ0n) is 27.6. The van der Waals surface area contributed by atoms with Crippen molar-refractivity contribution in [3.05, 3.63) is 162 Å². The Morgan fingerprint density at radius 1 is 0.333 bits per heavy atom. The highest BCUT2D eigenvalue weighted by Crippen LogP contribution is 2.55. The molecule has 0 fully saturated rings. The lowest BCUT2D eigenvalue weighted by molar-refractivity contribution is 0.660. The van der Waals surface area contributed by atoms with E-state index in [1.807, 2.05) is 36.4 Å². The first kappa shape index (κ1) is 28.5. The zero-order valence-corrected chi connectivity index (χ0v) is 27.6. The number of benzene rings is 6. The summed E-state index contributed by atoms with van der Waals surface area (Å²) in [5, 5.41) is 0. The molecule has 3 nitrogen and oxygen atoms in total. The molecule has 3 heteroatoms. The zero-order chi connectivity index (χ0) is 32.6. The van der Waals surface area contributed by atoms with E-state index in [9.17, 15) is 0 Å². The van der Waals surface area contributed by atoms with E-state index in [2.05, 4.69) is 131 Å². The van der Waals surface area contributed by atoms with Crippen LogP contribution in [-0.4, -0.2) is 15.0 Å². The van der Waals surface area contributed by atoms with Gasteiger partial charge in [-0.3, -0.25) is 0 Å². The fourth-order valence-corrected chi connectivity index (χ4v) is 8.08. The van der Waals surface area contributed by atoms with E-state index in [0.29, 0.717) is 17.5 Å². The SMILES string of the molecule is CC1(C)c2ccccc2-c2cc(-c3ccc4c(c3-c3nc(-c5ccccc5)nc(-c5ccccc5)n3)-c3ccccc3C4(C)C)ccc21. The van der Waals surface area contributed by atoms with Gasteiger partial charge in [-0.1, -0.05) is 161 Å². The highest BCUT2D eigenvalue weighted by atomic mass is 15.0. The minimum Gasteiger partial charge on any atom is -0.208 e. The van der Waals surface area contributed by atoms with Crippen LogP contribution in [0.3, 0.4) is 0 Å². The summed E-state index contributed by atoms with van der Waals surface area (Å²) in [5.41, 5.74) is 15.4. The Hall–Kier alpha value is -5.67. The Labute approximate surface area is 282 Å². The van der Waals surface area contributed by atoms with Crippen LogP contribution in [0.25, 0.3) is 67.5 Å². The van der Waals surface area contributed by atoms with Crippen molar-refractivity contribution in [2.75, 3.05) is 0 Å². The second-order valence-electron chi connectivity index (χ2n) is 14.1. The lowest BCUT2D eigenvalue weighted by Gasteiger charge is -2.23. The van der Waals surface area contributed by atoms with E-state index >= 15 is 0 Å². The normalized spacial score (nSPS) is 14.6. The van der Waals surface area contributed by atoms with Crippen LogP contribution in [0.4, 0.5) is 0 Å². The molecule has 9 rings (SSSR count). The van der Waals surface area contributed by atoms with Gasteiger partial charge in [0.1, 0.15) is 0 Å². The first-order chi connectivity index (χ1) is 23.3. The molecule has 0 aliphatic heterocycles. The number of rotatable bonds is 4. The van der Waals surface area contributed by atoms with Crippen LogP contribution in [0.5, 0.6) is 0 Å².